The van der Waals surface area contributed by atoms with Crippen molar-refractivity contribution in [3.63, 3.8) is 0 Å². The van der Waals surface area contributed by atoms with E-state index in [0.717, 1.165) is 44.3 Å². The summed E-state index contributed by atoms with van der Waals surface area (Å²) in [4.78, 5) is 34.9. The highest BCUT2D eigenvalue weighted by molar-refractivity contribution is 7.12. The molecule has 0 radical (unpaired) electrons. The van der Waals surface area contributed by atoms with Gasteiger partial charge >= 0.3 is 0 Å². The maximum Gasteiger partial charge on any atom is 0.263 e. The lowest BCUT2D eigenvalue weighted by atomic mass is 10.00. The molecule has 6 nitrogen and oxygen atoms in total. The Labute approximate surface area is 208 Å². The Balaban J connectivity index is 1.25. The van der Waals surface area contributed by atoms with Gasteiger partial charge in [-0.2, -0.15) is 0 Å². The van der Waals surface area contributed by atoms with Crippen LogP contribution in [0.15, 0.2) is 54.2 Å². The average molecular weight is 495 g/mol. The van der Waals surface area contributed by atoms with E-state index in [2.05, 4.69) is 15.2 Å². The number of aromatic nitrogens is 1. The van der Waals surface area contributed by atoms with Crippen LogP contribution in [0.3, 0.4) is 0 Å². The molecule has 1 atom stereocenters. The average Bonchev–Trinajstić information content (AvgIpc) is 3.49. The number of nitrogens with one attached hydrogen (secondary N) is 1. The number of hydrogen-bond acceptors (Lipinski definition) is 5. The smallest absolute Gasteiger partial charge is 0.263 e. The van der Waals surface area contributed by atoms with Gasteiger partial charge in [-0.05, 0) is 72.5 Å². The van der Waals surface area contributed by atoms with Crippen LogP contribution in [0.4, 0.5) is 5.69 Å². The van der Waals surface area contributed by atoms with Gasteiger partial charge in [-0.15, -0.1) is 11.3 Å². The normalized spacial score (nSPS) is 17.9. The number of thiophene rings is 1. The van der Waals surface area contributed by atoms with Crippen LogP contribution in [0.5, 0.6) is 0 Å². The van der Waals surface area contributed by atoms with Gasteiger partial charge < -0.3 is 15.1 Å². The van der Waals surface area contributed by atoms with Crippen LogP contribution in [0.25, 0.3) is 0 Å². The lowest BCUT2D eigenvalue weighted by Gasteiger charge is -2.38. The highest BCUT2D eigenvalue weighted by atomic mass is 35.5. The molecule has 2 aromatic heterocycles. The van der Waals surface area contributed by atoms with E-state index in [4.69, 9.17) is 11.6 Å². The molecule has 3 aromatic rings. The van der Waals surface area contributed by atoms with E-state index in [1.165, 1.54) is 22.6 Å². The summed E-state index contributed by atoms with van der Waals surface area (Å²) in [6, 6.07) is 11.8. The minimum atomic E-state index is -0.160. The first kappa shape index (κ1) is 22.9. The lowest BCUT2D eigenvalue weighted by molar-refractivity contribution is 0.0709. The maximum absolute atomic E-state index is 13.4. The molecule has 8 heteroatoms. The van der Waals surface area contributed by atoms with Crippen molar-refractivity contribution in [1.82, 2.24) is 15.2 Å². The molecule has 34 heavy (non-hydrogen) atoms. The zero-order chi connectivity index (χ0) is 23.7. The highest BCUT2D eigenvalue weighted by Gasteiger charge is 2.29. The Bertz CT molecular complexity index is 1190. The number of amides is 2. The van der Waals surface area contributed by atoms with Crippen molar-refractivity contribution in [3.8, 4) is 0 Å². The predicted octanol–water partition coefficient (Wildman–Crippen LogP) is 4.95. The number of fused-ring (bicyclic) bond motifs is 1. The standard InChI is InChI=1S/C26H27ClN4O2S/c1-30(19-8-13-31(14-9-19)20-6-11-28-12-7-20)26(33)18-3-2-17-4-5-23(21(17)16-18)29-25(32)24-22(27)10-15-34-24/h2-3,6-7,10-12,15-16,19,23H,4-5,8-9,13-14H2,1H3,(H,29,32). The fourth-order valence-corrected chi connectivity index (χ4v) is 6.04. The van der Waals surface area contributed by atoms with E-state index in [1.54, 1.807) is 6.07 Å². The van der Waals surface area contributed by atoms with Gasteiger partial charge in [0.25, 0.3) is 11.8 Å². The van der Waals surface area contributed by atoms with Crippen LogP contribution >= 0.6 is 22.9 Å². The SMILES string of the molecule is CN(C(=O)c1ccc2c(c1)C(NC(=O)c1sccc1Cl)CC2)C1CCN(c2ccncc2)CC1. The molecule has 0 spiro atoms. The second-order valence-corrected chi connectivity index (χ2v) is 10.2. The number of carbonyl (C=O) groups is 2. The summed E-state index contributed by atoms with van der Waals surface area (Å²) in [6.45, 7) is 1.83. The molecule has 1 saturated heterocycles. The number of rotatable bonds is 5. The van der Waals surface area contributed by atoms with Crippen molar-refractivity contribution in [1.29, 1.82) is 0 Å². The van der Waals surface area contributed by atoms with Gasteiger partial charge in [0, 0.05) is 49.8 Å². The Kier molecular flexibility index (Phi) is 6.57. The van der Waals surface area contributed by atoms with Gasteiger partial charge in [-0.1, -0.05) is 17.7 Å². The zero-order valence-electron chi connectivity index (χ0n) is 19.0. The number of carbonyl (C=O) groups excluding carboxylic acids is 2. The fourth-order valence-electron chi connectivity index (χ4n) is 5.00. The first-order chi connectivity index (χ1) is 16.5. The number of benzene rings is 1. The number of hydrogen-bond donors (Lipinski definition) is 1. The molecule has 0 bridgehead atoms. The third-order valence-electron chi connectivity index (χ3n) is 6.96. The molecule has 2 amide bonds. The molecular formula is C26H27ClN4O2S. The zero-order valence-corrected chi connectivity index (χ0v) is 20.6. The van der Waals surface area contributed by atoms with Crippen LogP contribution in [-0.4, -0.2) is 47.9 Å². The topological polar surface area (TPSA) is 65.5 Å². The second-order valence-electron chi connectivity index (χ2n) is 8.92. The van der Waals surface area contributed by atoms with Gasteiger partial charge in [0.05, 0.1) is 11.1 Å². The van der Waals surface area contributed by atoms with Crippen molar-refractivity contribution in [2.24, 2.45) is 0 Å². The van der Waals surface area contributed by atoms with Crippen molar-refractivity contribution >= 4 is 40.4 Å². The van der Waals surface area contributed by atoms with E-state index in [0.29, 0.717) is 15.5 Å². The molecule has 0 saturated carbocycles. The van der Waals surface area contributed by atoms with Crippen molar-refractivity contribution in [2.45, 2.75) is 37.8 Å². The molecule has 1 aliphatic carbocycles. The minimum absolute atomic E-state index is 0.0310. The quantitative estimate of drug-likeness (QED) is 0.544. The van der Waals surface area contributed by atoms with E-state index in [1.807, 2.05) is 60.1 Å². The second kappa shape index (κ2) is 9.76. The molecule has 1 N–H and O–H groups in total. The molecule has 2 aliphatic rings. The third kappa shape index (κ3) is 4.55. The number of anilines is 1. The molecular weight excluding hydrogens is 468 g/mol. The van der Waals surface area contributed by atoms with Gasteiger partial charge in [0.2, 0.25) is 0 Å². The predicted molar refractivity (Wildman–Crippen MR) is 136 cm³/mol. The Morgan fingerprint density at radius 1 is 1.12 bits per heavy atom. The molecule has 176 valence electrons. The summed E-state index contributed by atoms with van der Waals surface area (Å²) in [5.74, 6) is -0.129. The maximum atomic E-state index is 13.4. The fraction of sp³-hybridized carbons (Fsp3) is 0.346. The van der Waals surface area contributed by atoms with Gasteiger partial charge in [0.15, 0.2) is 0 Å². The monoisotopic (exact) mass is 494 g/mol. The van der Waals surface area contributed by atoms with E-state index < -0.39 is 0 Å². The Morgan fingerprint density at radius 3 is 2.59 bits per heavy atom. The van der Waals surface area contributed by atoms with Crippen LogP contribution in [0.1, 0.15) is 56.5 Å². The molecule has 5 rings (SSSR count). The number of piperidine rings is 1. The highest BCUT2D eigenvalue weighted by Crippen LogP contribution is 2.33. The number of nitrogens with zero attached hydrogens (tertiary/aromatic N) is 3. The van der Waals surface area contributed by atoms with Crippen LogP contribution in [-0.2, 0) is 6.42 Å². The van der Waals surface area contributed by atoms with E-state index in [-0.39, 0.29) is 23.9 Å². The Hall–Kier alpha value is -2.90. The molecule has 1 aromatic carbocycles. The summed E-state index contributed by atoms with van der Waals surface area (Å²) >= 11 is 7.47. The lowest BCUT2D eigenvalue weighted by Crippen LogP contribution is -2.45. The molecule has 1 fully saturated rings. The summed E-state index contributed by atoms with van der Waals surface area (Å²) in [6.07, 6.45) is 7.19. The molecule has 3 heterocycles. The van der Waals surface area contributed by atoms with Crippen molar-refractivity contribution < 1.29 is 9.59 Å². The first-order valence-corrected chi connectivity index (χ1v) is 12.9. The third-order valence-corrected chi connectivity index (χ3v) is 8.30. The van der Waals surface area contributed by atoms with Gasteiger partial charge in [-0.25, -0.2) is 0 Å². The number of aryl methyl sites for hydroxylation is 1. The molecule has 1 unspecified atom stereocenters. The summed E-state index contributed by atoms with van der Waals surface area (Å²) in [7, 11) is 1.90. The van der Waals surface area contributed by atoms with Crippen LogP contribution in [0.2, 0.25) is 5.02 Å². The van der Waals surface area contributed by atoms with E-state index >= 15 is 0 Å². The summed E-state index contributed by atoms with van der Waals surface area (Å²) in [5.41, 5.74) is 4.08. The minimum Gasteiger partial charge on any atom is -0.371 e. The summed E-state index contributed by atoms with van der Waals surface area (Å²) in [5, 5.41) is 5.40. The van der Waals surface area contributed by atoms with Gasteiger partial charge in [-0.3, -0.25) is 14.6 Å². The number of halogens is 1. The van der Waals surface area contributed by atoms with Crippen LogP contribution in [0, 0.1) is 0 Å². The largest absolute Gasteiger partial charge is 0.371 e. The number of pyridine rings is 1. The van der Waals surface area contributed by atoms with Crippen molar-refractivity contribution in [3.05, 3.63) is 80.8 Å². The van der Waals surface area contributed by atoms with E-state index in [9.17, 15) is 9.59 Å². The summed E-state index contributed by atoms with van der Waals surface area (Å²) < 4.78 is 0. The first-order valence-electron chi connectivity index (χ1n) is 11.6. The molecule has 1 aliphatic heterocycles. The van der Waals surface area contributed by atoms with Crippen LogP contribution < -0.4 is 10.2 Å². The van der Waals surface area contributed by atoms with Crippen molar-refractivity contribution in [2.75, 3.05) is 25.0 Å². The Morgan fingerprint density at radius 2 is 1.88 bits per heavy atom. The van der Waals surface area contributed by atoms with Gasteiger partial charge in [0.1, 0.15) is 4.88 Å².